The van der Waals surface area contributed by atoms with E-state index in [9.17, 15) is 14.4 Å². The lowest BCUT2D eigenvalue weighted by Crippen LogP contribution is -2.62. The lowest BCUT2D eigenvalue weighted by molar-refractivity contribution is -0.146. The number of methoxy groups -OCH3 is 1. The predicted molar refractivity (Wildman–Crippen MR) is 121 cm³/mol. The number of aliphatic carboxylic acids is 1. The zero-order valence-corrected chi connectivity index (χ0v) is 18.7. The van der Waals surface area contributed by atoms with Crippen molar-refractivity contribution < 1.29 is 29.0 Å². The fourth-order valence-corrected chi connectivity index (χ4v) is 4.59. The topological polar surface area (TPSA) is 114 Å². The second kappa shape index (κ2) is 9.23. The highest BCUT2D eigenvalue weighted by molar-refractivity contribution is 5.90. The number of ether oxygens (including phenoxy) is 2. The minimum absolute atomic E-state index is 0.0574. The Bertz CT molecular complexity index is 1020. The largest absolute Gasteiger partial charge is 0.481 e. The number of carboxylic acid groups (broad SMARTS) is 1. The van der Waals surface area contributed by atoms with E-state index in [1.807, 2.05) is 36.4 Å². The van der Waals surface area contributed by atoms with Crippen molar-refractivity contribution in [2.45, 2.75) is 37.3 Å². The lowest BCUT2D eigenvalue weighted by Gasteiger charge is -2.36. The van der Waals surface area contributed by atoms with E-state index < -0.39 is 29.4 Å². The number of carbonyl (C=O) groups is 3. The summed E-state index contributed by atoms with van der Waals surface area (Å²) in [6.45, 7) is 1.63. The fourth-order valence-electron chi connectivity index (χ4n) is 4.59. The zero-order chi connectivity index (χ0) is 23.6. The molecule has 3 N–H and O–H groups in total. The molecule has 8 heteroatoms. The van der Waals surface area contributed by atoms with Crippen molar-refractivity contribution in [3.63, 3.8) is 0 Å². The van der Waals surface area contributed by atoms with Crippen LogP contribution in [0, 0.1) is 5.92 Å². The number of hydrogen-bond acceptors (Lipinski definition) is 5. The van der Waals surface area contributed by atoms with Crippen LogP contribution < -0.4 is 10.6 Å². The Labute approximate surface area is 192 Å². The third kappa shape index (κ3) is 4.57. The summed E-state index contributed by atoms with van der Waals surface area (Å²) in [6.07, 6.45) is 0.0213. The normalized spacial score (nSPS) is 20.5. The van der Waals surface area contributed by atoms with Crippen LogP contribution in [-0.4, -0.2) is 55.0 Å². The molecular formula is C25H28N2O6. The summed E-state index contributed by atoms with van der Waals surface area (Å²) in [4.78, 5) is 36.5. The molecule has 1 fully saturated rings. The van der Waals surface area contributed by atoms with E-state index in [0.29, 0.717) is 12.8 Å². The summed E-state index contributed by atoms with van der Waals surface area (Å²) >= 11 is 0. The van der Waals surface area contributed by atoms with Gasteiger partial charge in [0, 0.05) is 19.1 Å². The van der Waals surface area contributed by atoms with Gasteiger partial charge in [0.15, 0.2) is 0 Å². The molecule has 1 unspecified atom stereocenters. The van der Waals surface area contributed by atoms with E-state index >= 15 is 0 Å². The Balaban J connectivity index is 1.39. The van der Waals surface area contributed by atoms with Crippen molar-refractivity contribution in [3.05, 3.63) is 59.7 Å². The van der Waals surface area contributed by atoms with E-state index in [1.54, 1.807) is 6.92 Å². The average Bonchev–Trinajstić information content (AvgIpc) is 3.08. The maximum atomic E-state index is 12.8. The molecule has 0 aliphatic heterocycles. The molecule has 1 saturated carbocycles. The van der Waals surface area contributed by atoms with Crippen molar-refractivity contribution in [2.24, 2.45) is 5.92 Å². The monoisotopic (exact) mass is 452 g/mol. The number of nitrogens with one attached hydrogen (secondary N) is 2. The molecule has 4 rings (SSSR count). The van der Waals surface area contributed by atoms with Crippen LogP contribution in [0.3, 0.4) is 0 Å². The molecule has 0 spiro atoms. The first kappa shape index (κ1) is 22.8. The van der Waals surface area contributed by atoms with Crippen LogP contribution in [0.2, 0.25) is 0 Å². The quantitative estimate of drug-likeness (QED) is 0.568. The summed E-state index contributed by atoms with van der Waals surface area (Å²) < 4.78 is 10.7. The number of carboxylic acids is 1. The third-order valence-electron chi connectivity index (χ3n) is 6.48. The maximum absolute atomic E-state index is 12.8. The van der Waals surface area contributed by atoms with E-state index in [2.05, 4.69) is 22.8 Å². The molecule has 0 aromatic heterocycles. The molecule has 2 aliphatic rings. The second-order valence-corrected chi connectivity index (χ2v) is 8.89. The highest BCUT2D eigenvalue weighted by atomic mass is 16.5. The number of fused-ring (bicyclic) bond motifs is 3. The third-order valence-corrected chi connectivity index (χ3v) is 6.48. The second-order valence-electron chi connectivity index (χ2n) is 8.89. The molecule has 8 nitrogen and oxygen atoms in total. The molecule has 0 radical (unpaired) electrons. The van der Waals surface area contributed by atoms with Crippen LogP contribution in [-0.2, 0) is 19.1 Å². The zero-order valence-electron chi connectivity index (χ0n) is 18.7. The van der Waals surface area contributed by atoms with Crippen molar-refractivity contribution in [3.8, 4) is 11.1 Å². The predicted octanol–water partition coefficient (Wildman–Crippen LogP) is 2.91. The van der Waals surface area contributed by atoms with Crippen LogP contribution in [0.25, 0.3) is 11.1 Å². The molecule has 0 saturated heterocycles. The molecule has 2 aliphatic carbocycles. The van der Waals surface area contributed by atoms with Gasteiger partial charge in [-0.1, -0.05) is 48.5 Å². The standard InChI is InChI=1S/C25H28N2O6/c1-25(14-32-2,23(30)26-16-11-15(12-16)22(28)29)27-24(31)33-13-21-19-9-5-3-7-17(19)18-8-4-6-10-20(18)21/h3-10,15-16,21H,11-14H2,1-2H3,(H,26,30)(H,27,31)(H,28,29). The molecule has 1 atom stereocenters. The number of amides is 2. The van der Waals surface area contributed by atoms with Gasteiger partial charge in [0.05, 0.1) is 12.5 Å². The Hall–Kier alpha value is -3.39. The van der Waals surface area contributed by atoms with Crippen LogP contribution in [0.5, 0.6) is 0 Å². The molecule has 2 aromatic carbocycles. The summed E-state index contributed by atoms with van der Waals surface area (Å²) in [5.41, 5.74) is 3.10. The van der Waals surface area contributed by atoms with Gasteiger partial charge in [-0.3, -0.25) is 9.59 Å². The maximum Gasteiger partial charge on any atom is 0.408 e. The van der Waals surface area contributed by atoms with Gasteiger partial charge in [0.1, 0.15) is 12.1 Å². The minimum atomic E-state index is -1.36. The van der Waals surface area contributed by atoms with E-state index in [4.69, 9.17) is 14.6 Å². The first-order valence-corrected chi connectivity index (χ1v) is 11.0. The number of alkyl carbamates (subject to hydrolysis) is 1. The van der Waals surface area contributed by atoms with Gasteiger partial charge in [-0.15, -0.1) is 0 Å². The Kier molecular flexibility index (Phi) is 6.37. The van der Waals surface area contributed by atoms with E-state index in [1.165, 1.54) is 7.11 Å². The van der Waals surface area contributed by atoms with Crippen molar-refractivity contribution in [1.82, 2.24) is 10.6 Å². The van der Waals surface area contributed by atoms with Gasteiger partial charge in [-0.05, 0) is 42.0 Å². The highest BCUT2D eigenvalue weighted by Gasteiger charge is 2.41. The lowest BCUT2D eigenvalue weighted by atomic mass is 9.80. The van der Waals surface area contributed by atoms with E-state index in [-0.39, 0.29) is 25.2 Å². The number of rotatable bonds is 8. The summed E-state index contributed by atoms with van der Waals surface area (Å²) in [7, 11) is 1.44. The van der Waals surface area contributed by atoms with Crippen molar-refractivity contribution >= 4 is 18.0 Å². The highest BCUT2D eigenvalue weighted by Crippen LogP contribution is 2.44. The van der Waals surface area contributed by atoms with Crippen LogP contribution in [0.1, 0.15) is 36.8 Å². The van der Waals surface area contributed by atoms with Crippen LogP contribution in [0.4, 0.5) is 4.79 Å². The van der Waals surface area contributed by atoms with Gasteiger partial charge in [-0.25, -0.2) is 4.79 Å². The molecule has 0 bridgehead atoms. The van der Waals surface area contributed by atoms with Crippen molar-refractivity contribution in [2.75, 3.05) is 20.3 Å². The van der Waals surface area contributed by atoms with Gasteiger partial charge in [-0.2, -0.15) is 0 Å². The van der Waals surface area contributed by atoms with E-state index in [0.717, 1.165) is 22.3 Å². The summed E-state index contributed by atoms with van der Waals surface area (Å²) in [5.74, 6) is -1.84. The van der Waals surface area contributed by atoms with Crippen LogP contribution >= 0.6 is 0 Å². The minimum Gasteiger partial charge on any atom is -0.481 e. The van der Waals surface area contributed by atoms with Gasteiger partial charge >= 0.3 is 12.1 Å². The number of hydrogen-bond donors (Lipinski definition) is 3. The van der Waals surface area contributed by atoms with Gasteiger partial charge < -0.3 is 25.2 Å². The van der Waals surface area contributed by atoms with Crippen molar-refractivity contribution in [1.29, 1.82) is 0 Å². The SMILES string of the molecule is COCC(C)(NC(=O)OCC1c2ccccc2-c2ccccc21)C(=O)NC1CC(C(=O)O)C1. The summed E-state index contributed by atoms with van der Waals surface area (Å²) in [5, 5.41) is 14.5. The molecular weight excluding hydrogens is 424 g/mol. The molecule has 33 heavy (non-hydrogen) atoms. The van der Waals surface area contributed by atoms with Gasteiger partial charge in [0.2, 0.25) is 5.91 Å². The number of carbonyl (C=O) groups excluding carboxylic acids is 2. The van der Waals surface area contributed by atoms with Crippen LogP contribution in [0.15, 0.2) is 48.5 Å². The fraction of sp³-hybridized carbons (Fsp3) is 0.400. The molecule has 0 heterocycles. The molecule has 2 amide bonds. The number of benzene rings is 2. The Morgan fingerprint density at radius 1 is 1.03 bits per heavy atom. The smallest absolute Gasteiger partial charge is 0.408 e. The first-order valence-electron chi connectivity index (χ1n) is 11.0. The Morgan fingerprint density at radius 3 is 2.15 bits per heavy atom. The first-order chi connectivity index (χ1) is 15.8. The Morgan fingerprint density at radius 2 is 1.61 bits per heavy atom. The van der Waals surface area contributed by atoms with Gasteiger partial charge in [0.25, 0.3) is 0 Å². The average molecular weight is 453 g/mol. The summed E-state index contributed by atoms with van der Waals surface area (Å²) in [6, 6.07) is 15.9. The molecule has 174 valence electrons. The molecule has 2 aromatic rings.